The second-order valence-corrected chi connectivity index (χ2v) is 6.00. The zero-order chi connectivity index (χ0) is 13.2. The zero-order valence-corrected chi connectivity index (χ0v) is 12.3. The van der Waals surface area contributed by atoms with Crippen molar-refractivity contribution >= 4 is 27.3 Å². The van der Waals surface area contributed by atoms with E-state index < -0.39 is 0 Å². The van der Waals surface area contributed by atoms with Gasteiger partial charge in [0.15, 0.2) is 0 Å². The number of nitrogens with one attached hydrogen (secondary N) is 1. The average Bonchev–Trinajstić information content (AvgIpc) is 2.42. The van der Waals surface area contributed by atoms with Crippen molar-refractivity contribution < 1.29 is 0 Å². The molecule has 1 unspecified atom stereocenters. The van der Waals surface area contributed by atoms with E-state index in [1.807, 2.05) is 18.2 Å². The van der Waals surface area contributed by atoms with E-state index in [-0.39, 0.29) is 0 Å². The van der Waals surface area contributed by atoms with Gasteiger partial charge in [-0.3, -0.25) is 0 Å². The standard InChI is InChI=1S/C16H17BrN2/c17-13-6-8-16(15(18)10-13)19-14-7-5-11-3-1-2-4-12(11)9-14/h1-4,6,8,10,14,19H,5,7,9,18H2. The minimum absolute atomic E-state index is 0.471. The van der Waals surface area contributed by atoms with Gasteiger partial charge in [-0.15, -0.1) is 0 Å². The summed E-state index contributed by atoms with van der Waals surface area (Å²) < 4.78 is 1.02. The molecule has 1 aliphatic carbocycles. The summed E-state index contributed by atoms with van der Waals surface area (Å²) in [5.41, 5.74) is 10.8. The predicted molar refractivity (Wildman–Crippen MR) is 84.4 cm³/mol. The lowest BCUT2D eigenvalue weighted by atomic mass is 9.88. The first-order chi connectivity index (χ1) is 9.22. The molecule has 0 radical (unpaired) electrons. The molecule has 2 nitrogen and oxygen atoms in total. The van der Waals surface area contributed by atoms with Crippen molar-refractivity contribution in [1.29, 1.82) is 0 Å². The van der Waals surface area contributed by atoms with Gasteiger partial charge in [0, 0.05) is 10.5 Å². The molecule has 19 heavy (non-hydrogen) atoms. The first-order valence-electron chi connectivity index (χ1n) is 6.61. The first-order valence-corrected chi connectivity index (χ1v) is 7.40. The molecule has 3 rings (SSSR count). The van der Waals surface area contributed by atoms with Gasteiger partial charge in [-0.2, -0.15) is 0 Å². The number of aryl methyl sites for hydroxylation is 1. The molecule has 0 amide bonds. The molecule has 0 aliphatic heterocycles. The summed E-state index contributed by atoms with van der Waals surface area (Å²) in [4.78, 5) is 0. The van der Waals surface area contributed by atoms with Gasteiger partial charge >= 0.3 is 0 Å². The van der Waals surface area contributed by atoms with E-state index in [0.717, 1.165) is 35.1 Å². The van der Waals surface area contributed by atoms with Crippen LogP contribution in [0.1, 0.15) is 17.5 Å². The number of anilines is 2. The average molecular weight is 317 g/mol. The highest BCUT2D eigenvalue weighted by molar-refractivity contribution is 9.10. The van der Waals surface area contributed by atoms with Gasteiger partial charge in [0.25, 0.3) is 0 Å². The fourth-order valence-corrected chi connectivity index (χ4v) is 3.08. The summed E-state index contributed by atoms with van der Waals surface area (Å²) in [6.07, 6.45) is 3.38. The van der Waals surface area contributed by atoms with E-state index in [1.165, 1.54) is 11.1 Å². The normalized spacial score (nSPS) is 17.8. The molecule has 1 aliphatic rings. The van der Waals surface area contributed by atoms with Crippen molar-refractivity contribution in [2.45, 2.75) is 25.3 Å². The highest BCUT2D eigenvalue weighted by Gasteiger charge is 2.18. The molecular formula is C16H17BrN2. The molecule has 0 fully saturated rings. The van der Waals surface area contributed by atoms with Gasteiger partial charge < -0.3 is 11.1 Å². The number of hydrogen-bond donors (Lipinski definition) is 2. The minimum atomic E-state index is 0.471. The lowest BCUT2D eigenvalue weighted by Gasteiger charge is -2.27. The number of benzene rings is 2. The van der Waals surface area contributed by atoms with Gasteiger partial charge in [0.2, 0.25) is 0 Å². The third-order valence-corrected chi connectivity index (χ3v) is 4.21. The maximum Gasteiger partial charge on any atom is 0.0576 e. The summed E-state index contributed by atoms with van der Waals surface area (Å²) >= 11 is 3.44. The highest BCUT2D eigenvalue weighted by Crippen LogP contribution is 2.27. The Morgan fingerprint density at radius 3 is 2.68 bits per heavy atom. The van der Waals surface area contributed by atoms with Crippen LogP contribution in [0, 0.1) is 0 Å². The molecular weight excluding hydrogens is 300 g/mol. The second kappa shape index (κ2) is 5.25. The van der Waals surface area contributed by atoms with E-state index in [9.17, 15) is 0 Å². The molecule has 0 aromatic heterocycles. The van der Waals surface area contributed by atoms with Gasteiger partial charge in [-0.25, -0.2) is 0 Å². The van der Waals surface area contributed by atoms with Crippen molar-refractivity contribution in [2.24, 2.45) is 0 Å². The summed E-state index contributed by atoms with van der Waals surface area (Å²) in [6, 6.07) is 15.2. The van der Waals surface area contributed by atoms with Crippen LogP contribution in [0.3, 0.4) is 0 Å². The van der Waals surface area contributed by atoms with E-state index in [4.69, 9.17) is 5.73 Å². The molecule has 1 atom stereocenters. The predicted octanol–water partition coefficient (Wildman–Crippen LogP) is 4.00. The van der Waals surface area contributed by atoms with E-state index in [2.05, 4.69) is 45.5 Å². The second-order valence-electron chi connectivity index (χ2n) is 5.08. The number of nitrogens with two attached hydrogens (primary N) is 1. The minimum Gasteiger partial charge on any atom is -0.397 e. The van der Waals surface area contributed by atoms with Gasteiger partial charge in [0.1, 0.15) is 0 Å². The Kier molecular flexibility index (Phi) is 3.47. The van der Waals surface area contributed by atoms with Crippen molar-refractivity contribution in [3.05, 3.63) is 58.1 Å². The third kappa shape index (κ3) is 2.76. The van der Waals surface area contributed by atoms with Crippen LogP contribution < -0.4 is 11.1 Å². The molecule has 3 N–H and O–H groups in total. The van der Waals surface area contributed by atoms with Crippen LogP contribution in [-0.4, -0.2) is 6.04 Å². The highest BCUT2D eigenvalue weighted by atomic mass is 79.9. The Bertz CT molecular complexity index is 595. The Morgan fingerprint density at radius 2 is 1.89 bits per heavy atom. The van der Waals surface area contributed by atoms with Gasteiger partial charge in [-0.05, 0) is 48.6 Å². The number of rotatable bonds is 2. The summed E-state index contributed by atoms with van der Waals surface area (Å²) in [5, 5.41) is 3.57. The largest absolute Gasteiger partial charge is 0.397 e. The molecule has 2 aromatic carbocycles. The van der Waals surface area contributed by atoms with Crippen LogP contribution in [0.25, 0.3) is 0 Å². The number of fused-ring (bicyclic) bond motifs is 1. The number of hydrogen-bond acceptors (Lipinski definition) is 2. The van der Waals surface area contributed by atoms with E-state index in [0.29, 0.717) is 6.04 Å². The monoisotopic (exact) mass is 316 g/mol. The van der Waals surface area contributed by atoms with Gasteiger partial charge in [-0.1, -0.05) is 40.2 Å². The Labute approximate surface area is 122 Å². The summed E-state index contributed by atoms with van der Waals surface area (Å²) in [6.45, 7) is 0. The topological polar surface area (TPSA) is 38.0 Å². The maximum atomic E-state index is 6.04. The fourth-order valence-electron chi connectivity index (χ4n) is 2.71. The lowest BCUT2D eigenvalue weighted by molar-refractivity contribution is 0.611. The van der Waals surface area contributed by atoms with Crippen molar-refractivity contribution in [3.63, 3.8) is 0 Å². The molecule has 0 saturated carbocycles. The fraction of sp³-hybridized carbons (Fsp3) is 0.250. The third-order valence-electron chi connectivity index (χ3n) is 3.72. The molecule has 98 valence electrons. The van der Waals surface area contributed by atoms with Crippen LogP contribution in [0.5, 0.6) is 0 Å². The molecule has 0 spiro atoms. The first kappa shape index (κ1) is 12.5. The zero-order valence-electron chi connectivity index (χ0n) is 10.7. The van der Waals surface area contributed by atoms with Crippen LogP contribution in [0.2, 0.25) is 0 Å². The molecule has 2 aromatic rings. The Morgan fingerprint density at radius 1 is 1.11 bits per heavy atom. The smallest absolute Gasteiger partial charge is 0.0576 e. The molecule has 0 saturated heterocycles. The molecule has 3 heteroatoms. The SMILES string of the molecule is Nc1cc(Br)ccc1NC1CCc2ccccc2C1. The summed E-state index contributed by atoms with van der Waals surface area (Å²) in [7, 11) is 0. The summed E-state index contributed by atoms with van der Waals surface area (Å²) in [5.74, 6) is 0. The quantitative estimate of drug-likeness (QED) is 0.822. The van der Waals surface area contributed by atoms with Crippen LogP contribution in [0.15, 0.2) is 46.9 Å². The van der Waals surface area contributed by atoms with Crippen LogP contribution in [0.4, 0.5) is 11.4 Å². The van der Waals surface area contributed by atoms with Crippen LogP contribution in [-0.2, 0) is 12.8 Å². The Hall–Kier alpha value is -1.48. The number of halogens is 1. The lowest BCUT2D eigenvalue weighted by Crippen LogP contribution is -2.27. The number of nitrogen functional groups attached to an aromatic ring is 1. The van der Waals surface area contributed by atoms with Crippen molar-refractivity contribution in [1.82, 2.24) is 0 Å². The Balaban J connectivity index is 1.75. The maximum absolute atomic E-state index is 6.04. The van der Waals surface area contributed by atoms with Crippen LogP contribution >= 0.6 is 15.9 Å². The molecule has 0 bridgehead atoms. The van der Waals surface area contributed by atoms with Gasteiger partial charge in [0.05, 0.1) is 11.4 Å². The van der Waals surface area contributed by atoms with Crippen molar-refractivity contribution in [3.8, 4) is 0 Å². The van der Waals surface area contributed by atoms with E-state index in [1.54, 1.807) is 0 Å². The van der Waals surface area contributed by atoms with Crippen molar-refractivity contribution in [2.75, 3.05) is 11.1 Å². The molecule has 0 heterocycles. The van der Waals surface area contributed by atoms with E-state index >= 15 is 0 Å².